The van der Waals surface area contributed by atoms with Crippen LogP contribution in [0.5, 0.6) is 5.88 Å². The molecule has 1 rings (SSSR count). The Morgan fingerprint density at radius 3 is 2.72 bits per heavy atom. The van der Waals surface area contributed by atoms with Crippen LogP contribution in [-0.2, 0) is 9.59 Å². The van der Waals surface area contributed by atoms with Gasteiger partial charge in [-0.25, -0.2) is 14.8 Å². The number of carbonyl (C=O) groups excluding carboxylic acids is 1. The summed E-state index contributed by atoms with van der Waals surface area (Å²) >= 11 is 0. The lowest BCUT2D eigenvalue weighted by Gasteiger charge is -2.20. The quantitative estimate of drug-likeness (QED) is 0.774. The lowest BCUT2D eigenvalue weighted by molar-refractivity contribution is -0.146. The Morgan fingerprint density at radius 1 is 1.50 bits per heavy atom. The van der Waals surface area contributed by atoms with Crippen molar-refractivity contribution in [1.82, 2.24) is 15.3 Å². The Morgan fingerprint density at radius 2 is 2.17 bits per heavy atom. The molecular formula is C11H15N3O4. The van der Waals surface area contributed by atoms with E-state index in [0.717, 1.165) is 0 Å². The summed E-state index contributed by atoms with van der Waals surface area (Å²) in [5.41, 5.74) is -0.635. The number of nitrogens with one attached hydrogen (secondary N) is 1. The SMILES string of the molecule is Cc1cncnc1OCC(=O)NC(C)(C)C(=O)O. The zero-order valence-electron chi connectivity index (χ0n) is 10.4. The Labute approximate surface area is 104 Å². The highest BCUT2D eigenvalue weighted by atomic mass is 16.5. The highest BCUT2D eigenvalue weighted by molar-refractivity contribution is 5.86. The third-order valence-electron chi connectivity index (χ3n) is 2.17. The van der Waals surface area contributed by atoms with Gasteiger partial charge in [-0.05, 0) is 20.8 Å². The van der Waals surface area contributed by atoms with Gasteiger partial charge in [0.25, 0.3) is 5.91 Å². The molecule has 2 N–H and O–H groups in total. The number of hydrogen-bond donors (Lipinski definition) is 2. The summed E-state index contributed by atoms with van der Waals surface area (Å²) in [6.45, 7) is 4.23. The van der Waals surface area contributed by atoms with Crippen molar-refractivity contribution in [3.63, 3.8) is 0 Å². The van der Waals surface area contributed by atoms with Crippen LogP contribution in [0, 0.1) is 6.92 Å². The van der Waals surface area contributed by atoms with E-state index in [-0.39, 0.29) is 6.61 Å². The molecule has 1 aromatic heterocycles. The van der Waals surface area contributed by atoms with Crippen molar-refractivity contribution in [1.29, 1.82) is 0 Å². The summed E-state index contributed by atoms with van der Waals surface area (Å²) in [6, 6.07) is 0. The van der Waals surface area contributed by atoms with Crippen molar-refractivity contribution in [3.8, 4) is 5.88 Å². The standard InChI is InChI=1S/C11H15N3O4/c1-7-4-12-6-13-9(7)18-5-8(15)14-11(2,3)10(16)17/h4,6H,5H2,1-3H3,(H,14,15)(H,16,17). The average Bonchev–Trinajstić information content (AvgIpc) is 2.27. The number of nitrogens with zero attached hydrogens (tertiary/aromatic N) is 2. The molecule has 0 radical (unpaired) electrons. The Kier molecular flexibility index (Phi) is 4.19. The minimum atomic E-state index is -1.33. The van der Waals surface area contributed by atoms with Crippen LogP contribution in [-0.4, -0.2) is 39.1 Å². The van der Waals surface area contributed by atoms with Gasteiger partial charge in [0.15, 0.2) is 6.61 Å². The second-order valence-electron chi connectivity index (χ2n) is 4.28. The molecular weight excluding hydrogens is 238 g/mol. The molecule has 98 valence electrons. The number of carbonyl (C=O) groups is 2. The summed E-state index contributed by atoms with van der Waals surface area (Å²) in [5, 5.41) is 11.2. The van der Waals surface area contributed by atoms with Gasteiger partial charge in [-0.1, -0.05) is 0 Å². The molecule has 0 unspecified atom stereocenters. The van der Waals surface area contributed by atoms with Gasteiger partial charge in [0.05, 0.1) is 0 Å². The van der Waals surface area contributed by atoms with Gasteiger partial charge < -0.3 is 15.2 Å². The molecule has 0 bridgehead atoms. The molecule has 1 amide bonds. The summed E-state index contributed by atoms with van der Waals surface area (Å²) in [4.78, 5) is 30.0. The van der Waals surface area contributed by atoms with Crippen LogP contribution in [0.2, 0.25) is 0 Å². The molecule has 0 fully saturated rings. The van der Waals surface area contributed by atoms with Crippen molar-refractivity contribution in [3.05, 3.63) is 18.1 Å². The number of hydrogen-bond acceptors (Lipinski definition) is 5. The van der Waals surface area contributed by atoms with E-state index in [4.69, 9.17) is 9.84 Å². The smallest absolute Gasteiger partial charge is 0.328 e. The molecule has 1 aromatic rings. The molecule has 0 aliphatic carbocycles. The van der Waals surface area contributed by atoms with E-state index in [1.54, 1.807) is 13.1 Å². The predicted octanol–water partition coefficient (Wildman–Crippen LogP) is 0.143. The topological polar surface area (TPSA) is 101 Å². The highest BCUT2D eigenvalue weighted by Crippen LogP contribution is 2.10. The van der Waals surface area contributed by atoms with Crippen molar-refractivity contribution in [2.75, 3.05) is 6.61 Å². The normalized spacial score (nSPS) is 10.8. The monoisotopic (exact) mass is 253 g/mol. The van der Waals surface area contributed by atoms with Crippen LogP contribution < -0.4 is 10.1 Å². The van der Waals surface area contributed by atoms with Crippen LogP contribution in [0.25, 0.3) is 0 Å². The molecule has 7 nitrogen and oxygen atoms in total. The van der Waals surface area contributed by atoms with E-state index in [9.17, 15) is 9.59 Å². The summed E-state index contributed by atoms with van der Waals surface area (Å²) in [7, 11) is 0. The third-order valence-corrected chi connectivity index (χ3v) is 2.17. The Hall–Kier alpha value is -2.18. The largest absolute Gasteiger partial charge is 0.480 e. The fraction of sp³-hybridized carbons (Fsp3) is 0.455. The zero-order valence-corrected chi connectivity index (χ0v) is 10.4. The van der Waals surface area contributed by atoms with E-state index < -0.39 is 17.4 Å². The molecule has 0 spiro atoms. The van der Waals surface area contributed by atoms with E-state index in [0.29, 0.717) is 11.4 Å². The van der Waals surface area contributed by atoms with Crippen molar-refractivity contribution >= 4 is 11.9 Å². The lowest BCUT2D eigenvalue weighted by Crippen LogP contribution is -2.51. The fourth-order valence-electron chi connectivity index (χ4n) is 1.11. The van der Waals surface area contributed by atoms with Crippen LogP contribution in [0.4, 0.5) is 0 Å². The molecule has 0 saturated heterocycles. The van der Waals surface area contributed by atoms with Gasteiger partial charge in [0, 0.05) is 11.8 Å². The van der Waals surface area contributed by atoms with E-state index >= 15 is 0 Å². The van der Waals surface area contributed by atoms with E-state index in [2.05, 4.69) is 15.3 Å². The fourth-order valence-corrected chi connectivity index (χ4v) is 1.11. The molecule has 7 heteroatoms. The molecule has 0 aromatic carbocycles. The molecule has 18 heavy (non-hydrogen) atoms. The number of carboxylic acid groups (broad SMARTS) is 1. The number of aliphatic carboxylic acids is 1. The molecule has 0 aliphatic rings. The molecule has 0 saturated carbocycles. The van der Waals surface area contributed by atoms with Gasteiger partial charge >= 0.3 is 5.97 Å². The predicted molar refractivity (Wildman–Crippen MR) is 62.1 cm³/mol. The van der Waals surface area contributed by atoms with Crippen LogP contribution >= 0.6 is 0 Å². The first kappa shape index (κ1) is 13.9. The van der Waals surface area contributed by atoms with Crippen LogP contribution in [0.15, 0.2) is 12.5 Å². The maximum absolute atomic E-state index is 11.5. The minimum absolute atomic E-state index is 0.297. The number of ether oxygens (including phenoxy) is 1. The third kappa shape index (κ3) is 3.69. The van der Waals surface area contributed by atoms with Crippen LogP contribution in [0.1, 0.15) is 19.4 Å². The number of carboxylic acids is 1. The molecule has 0 atom stereocenters. The van der Waals surface area contributed by atoms with Gasteiger partial charge in [0.2, 0.25) is 5.88 Å². The maximum atomic E-state index is 11.5. The average molecular weight is 253 g/mol. The van der Waals surface area contributed by atoms with Gasteiger partial charge in [-0.15, -0.1) is 0 Å². The zero-order chi connectivity index (χ0) is 13.8. The second kappa shape index (κ2) is 5.44. The van der Waals surface area contributed by atoms with Crippen LogP contribution in [0.3, 0.4) is 0 Å². The van der Waals surface area contributed by atoms with E-state index in [1.165, 1.54) is 20.2 Å². The first-order valence-electron chi connectivity index (χ1n) is 5.27. The maximum Gasteiger partial charge on any atom is 0.328 e. The summed E-state index contributed by atoms with van der Waals surface area (Å²) in [6.07, 6.45) is 2.86. The lowest BCUT2D eigenvalue weighted by atomic mass is 10.1. The van der Waals surface area contributed by atoms with Gasteiger partial charge in [-0.3, -0.25) is 4.79 Å². The number of amides is 1. The first-order chi connectivity index (χ1) is 8.33. The first-order valence-corrected chi connectivity index (χ1v) is 5.27. The number of aromatic nitrogens is 2. The Bertz CT molecular complexity index is 459. The van der Waals surface area contributed by atoms with Crippen molar-refractivity contribution in [2.24, 2.45) is 0 Å². The highest BCUT2D eigenvalue weighted by Gasteiger charge is 2.28. The molecule has 0 aliphatic heterocycles. The summed E-state index contributed by atoms with van der Waals surface area (Å²) in [5.74, 6) is -1.34. The van der Waals surface area contributed by atoms with Gasteiger partial charge in [0.1, 0.15) is 11.9 Å². The second-order valence-corrected chi connectivity index (χ2v) is 4.28. The summed E-state index contributed by atoms with van der Waals surface area (Å²) < 4.78 is 5.17. The number of rotatable bonds is 5. The minimum Gasteiger partial charge on any atom is -0.480 e. The van der Waals surface area contributed by atoms with Crippen molar-refractivity contribution < 1.29 is 19.4 Å². The van der Waals surface area contributed by atoms with Gasteiger partial charge in [-0.2, -0.15) is 0 Å². The number of aryl methyl sites for hydroxylation is 1. The Balaban J connectivity index is 2.53. The van der Waals surface area contributed by atoms with Crippen molar-refractivity contribution in [2.45, 2.75) is 26.3 Å². The molecule has 1 heterocycles. The van der Waals surface area contributed by atoms with E-state index in [1.807, 2.05) is 0 Å².